The number of carbonyl (C=O) groups is 2. The van der Waals surface area contributed by atoms with Crippen molar-refractivity contribution in [1.29, 1.82) is 0 Å². The Hall–Kier alpha value is -2.11. The Morgan fingerprint density at radius 2 is 2.17 bits per heavy atom. The predicted molar refractivity (Wildman–Crippen MR) is 63.2 cm³/mol. The monoisotopic (exact) mass is 252 g/mol. The molecule has 1 aliphatic rings. The molecule has 0 spiro atoms. The van der Waals surface area contributed by atoms with Crippen LogP contribution in [0.25, 0.3) is 0 Å². The molecule has 1 amide bonds. The molecule has 1 aromatic carbocycles. The van der Waals surface area contributed by atoms with Gasteiger partial charge in [0.25, 0.3) is 0 Å². The van der Waals surface area contributed by atoms with E-state index in [1.165, 1.54) is 12.1 Å². The minimum absolute atomic E-state index is 0.0588. The molecule has 1 saturated heterocycles. The zero-order chi connectivity index (χ0) is 13.1. The Morgan fingerprint density at radius 3 is 2.89 bits per heavy atom. The largest absolute Gasteiger partial charge is 0.478 e. The van der Waals surface area contributed by atoms with Gasteiger partial charge in [0.05, 0.1) is 11.3 Å². The van der Waals surface area contributed by atoms with E-state index in [4.69, 9.17) is 5.11 Å². The first-order valence-corrected chi connectivity index (χ1v) is 5.62. The lowest BCUT2D eigenvalue weighted by molar-refractivity contribution is -0.120. The van der Waals surface area contributed by atoms with Gasteiger partial charge in [0.1, 0.15) is 5.82 Å². The first-order chi connectivity index (χ1) is 8.58. The number of halogens is 1. The number of hydrogen-bond donors (Lipinski definition) is 2. The molecule has 0 bridgehead atoms. The van der Waals surface area contributed by atoms with E-state index in [9.17, 15) is 14.0 Å². The van der Waals surface area contributed by atoms with Gasteiger partial charge in [-0.05, 0) is 18.2 Å². The number of carbonyl (C=O) groups excluding carboxylic acids is 1. The number of nitrogens with one attached hydrogen (secondary N) is 1. The van der Waals surface area contributed by atoms with Crippen LogP contribution in [0.4, 0.5) is 10.1 Å². The zero-order valence-corrected chi connectivity index (χ0v) is 9.65. The summed E-state index contributed by atoms with van der Waals surface area (Å²) in [6.45, 7) is 1.39. The minimum Gasteiger partial charge on any atom is -0.478 e. The van der Waals surface area contributed by atoms with Gasteiger partial charge in [-0.3, -0.25) is 4.79 Å². The van der Waals surface area contributed by atoms with Gasteiger partial charge in [0.2, 0.25) is 5.91 Å². The second-order valence-corrected chi connectivity index (χ2v) is 4.05. The van der Waals surface area contributed by atoms with Crippen molar-refractivity contribution in [2.24, 2.45) is 0 Å². The highest BCUT2D eigenvalue weighted by Gasteiger charge is 2.19. The number of nitrogens with zero attached hydrogens (tertiary/aromatic N) is 1. The molecule has 0 atom stereocenters. The van der Waals surface area contributed by atoms with Crippen LogP contribution in [0.5, 0.6) is 0 Å². The van der Waals surface area contributed by atoms with Gasteiger partial charge < -0.3 is 15.3 Å². The average molecular weight is 252 g/mol. The standard InChI is InChI=1S/C12H13FN2O3/c13-8-1-2-10(9(7-8)12(17)18)15-5-3-11(16)14-4-6-15/h1-2,7H,3-6H2,(H,14,16)(H,17,18). The number of anilines is 1. The predicted octanol–water partition coefficient (Wildman–Crippen LogP) is 0.850. The smallest absolute Gasteiger partial charge is 0.337 e. The van der Waals surface area contributed by atoms with E-state index < -0.39 is 11.8 Å². The fourth-order valence-electron chi connectivity index (χ4n) is 1.96. The quantitative estimate of drug-likeness (QED) is 0.818. The van der Waals surface area contributed by atoms with E-state index in [-0.39, 0.29) is 11.5 Å². The molecule has 2 N–H and O–H groups in total. The maximum Gasteiger partial charge on any atom is 0.337 e. The van der Waals surface area contributed by atoms with Crippen molar-refractivity contribution in [1.82, 2.24) is 5.32 Å². The summed E-state index contributed by atoms with van der Waals surface area (Å²) in [5.41, 5.74) is 0.366. The van der Waals surface area contributed by atoms with Crippen molar-refractivity contribution < 1.29 is 19.1 Å². The van der Waals surface area contributed by atoms with Gasteiger partial charge in [-0.25, -0.2) is 9.18 Å². The number of rotatable bonds is 2. The van der Waals surface area contributed by atoms with Crippen LogP contribution < -0.4 is 10.2 Å². The SMILES string of the molecule is O=C1CCN(c2ccc(F)cc2C(=O)O)CCN1. The van der Waals surface area contributed by atoms with Crippen LogP contribution in [0, 0.1) is 5.82 Å². The molecule has 0 aromatic heterocycles. The Bertz CT molecular complexity index is 490. The number of aromatic carboxylic acids is 1. The molecule has 0 saturated carbocycles. The summed E-state index contributed by atoms with van der Waals surface area (Å²) in [5, 5.41) is 11.8. The second kappa shape index (κ2) is 5.03. The summed E-state index contributed by atoms with van der Waals surface area (Å²) in [6, 6.07) is 3.66. The normalized spacial score (nSPS) is 16.1. The van der Waals surface area contributed by atoms with Crippen molar-refractivity contribution in [2.75, 3.05) is 24.5 Å². The maximum atomic E-state index is 13.1. The third kappa shape index (κ3) is 2.58. The lowest BCUT2D eigenvalue weighted by atomic mass is 10.1. The van der Waals surface area contributed by atoms with E-state index in [0.717, 1.165) is 6.07 Å². The molecule has 2 rings (SSSR count). The summed E-state index contributed by atoms with van der Waals surface area (Å²) >= 11 is 0. The average Bonchev–Trinajstić information content (AvgIpc) is 2.54. The Labute approximate surface area is 103 Å². The van der Waals surface area contributed by atoms with E-state index >= 15 is 0 Å². The lowest BCUT2D eigenvalue weighted by Gasteiger charge is -2.23. The van der Waals surface area contributed by atoms with E-state index in [1.54, 1.807) is 4.90 Å². The maximum absolute atomic E-state index is 13.1. The number of hydrogen-bond acceptors (Lipinski definition) is 3. The van der Waals surface area contributed by atoms with Gasteiger partial charge in [0, 0.05) is 26.1 Å². The van der Waals surface area contributed by atoms with Crippen molar-refractivity contribution in [3.05, 3.63) is 29.6 Å². The van der Waals surface area contributed by atoms with Gasteiger partial charge in [-0.1, -0.05) is 0 Å². The second-order valence-electron chi connectivity index (χ2n) is 4.05. The van der Waals surface area contributed by atoms with Crippen molar-refractivity contribution in [2.45, 2.75) is 6.42 Å². The Balaban J connectivity index is 2.31. The minimum atomic E-state index is -1.17. The zero-order valence-electron chi connectivity index (χ0n) is 9.65. The van der Waals surface area contributed by atoms with Gasteiger partial charge in [-0.15, -0.1) is 0 Å². The van der Waals surface area contributed by atoms with Gasteiger partial charge in [0.15, 0.2) is 0 Å². The van der Waals surface area contributed by atoms with E-state index in [0.29, 0.717) is 31.7 Å². The topological polar surface area (TPSA) is 69.6 Å². The molecule has 6 heteroatoms. The fourth-order valence-corrected chi connectivity index (χ4v) is 1.96. The highest BCUT2D eigenvalue weighted by Crippen LogP contribution is 2.22. The number of amides is 1. The van der Waals surface area contributed by atoms with Crippen molar-refractivity contribution in [3.63, 3.8) is 0 Å². The highest BCUT2D eigenvalue weighted by molar-refractivity contribution is 5.94. The van der Waals surface area contributed by atoms with Crippen LogP contribution in [0.3, 0.4) is 0 Å². The molecule has 1 fully saturated rings. The fraction of sp³-hybridized carbons (Fsp3) is 0.333. The van der Waals surface area contributed by atoms with Crippen LogP contribution in [-0.4, -0.2) is 36.6 Å². The molecule has 1 aromatic rings. The third-order valence-corrected chi connectivity index (χ3v) is 2.84. The molecule has 18 heavy (non-hydrogen) atoms. The Morgan fingerprint density at radius 1 is 1.39 bits per heavy atom. The molecule has 96 valence electrons. The molecule has 0 aliphatic carbocycles. The summed E-state index contributed by atoms with van der Waals surface area (Å²) in [6.07, 6.45) is 0.302. The van der Waals surface area contributed by atoms with Crippen molar-refractivity contribution in [3.8, 4) is 0 Å². The summed E-state index contributed by atoms with van der Waals surface area (Å²) in [4.78, 5) is 24.1. The summed E-state index contributed by atoms with van der Waals surface area (Å²) < 4.78 is 13.1. The van der Waals surface area contributed by atoms with Crippen LogP contribution in [0.15, 0.2) is 18.2 Å². The van der Waals surface area contributed by atoms with Gasteiger partial charge in [-0.2, -0.15) is 0 Å². The molecule has 5 nitrogen and oxygen atoms in total. The van der Waals surface area contributed by atoms with Crippen LogP contribution in [-0.2, 0) is 4.79 Å². The molecule has 0 radical (unpaired) electrons. The van der Waals surface area contributed by atoms with E-state index in [1.807, 2.05) is 0 Å². The van der Waals surface area contributed by atoms with E-state index in [2.05, 4.69) is 5.32 Å². The highest BCUT2D eigenvalue weighted by atomic mass is 19.1. The molecular weight excluding hydrogens is 239 g/mol. The number of carboxylic acid groups (broad SMARTS) is 1. The summed E-state index contributed by atoms with van der Waals surface area (Å²) in [5.74, 6) is -1.82. The Kier molecular flexibility index (Phi) is 3.45. The molecule has 1 aliphatic heterocycles. The first-order valence-electron chi connectivity index (χ1n) is 5.62. The summed E-state index contributed by atoms with van der Waals surface area (Å²) in [7, 11) is 0. The molecular formula is C12H13FN2O3. The third-order valence-electron chi connectivity index (χ3n) is 2.84. The van der Waals surface area contributed by atoms with Crippen LogP contribution >= 0.6 is 0 Å². The first kappa shape index (κ1) is 12.3. The van der Waals surface area contributed by atoms with Crippen molar-refractivity contribution >= 4 is 17.6 Å². The molecule has 1 heterocycles. The lowest BCUT2D eigenvalue weighted by Crippen LogP contribution is -2.29. The number of carboxylic acids is 1. The molecule has 0 unspecified atom stereocenters. The van der Waals surface area contributed by atoms with Crippen LogP contribution in [0.2, 0.25) is 0 Å². The number of benzene rings is 1. The van der Waals surface area contributed by atoms with Gasteiger partial charge >= 0.3 is 5.97 Å². The van der Waals surface area contributed by atoms with Crippen LogP contribution in [0.1, 0.15) is 16.8 Å².